The molecule has 4 heteroatoms. The molecule has 2 N–H and O–H groups in total. The van der Waals surface area contributed by atoms with Crippen molar-refractivity contribution in [3.63, 3.8) is 0 Å². The van der Waals surface area contributed by atoms with E-state index in [1.807, 2.05) is 36.2 Å². The van der Waals surface area contributed by atoms with Crippen LogP contribution < -0.4 is 5.73 Å². The van der Waals surface area contributed by atoms with Crippen LogP contribution in [-0.2, 0) is 6.42 Å². The molecule has 2 amide bonds. The normalized spacial score (nSPS) is 15.9. The van der Waals surface area contributed by atoms with Gasteiger partial charge in [-0.3, -0.25) is 0 Å². The quantitative estimate of drug-likeness (QED) is 0.776. The molecule has 0 bridgehead atoms. The summed E-state index contributed by atoms with van der Waals surface area (Å²) in [4.78, 5) is 15.3. The number of hydrogen-bond acceptors (Lipinski definition) is 2. The molecule has 1 heterocycles. The van der Waals surface area contributed by atoms with E-state index in [1.54, 1.807) is 4.90 Å². The van der Waals surface area contributed by atoms with Gasteiger partial charge in [0.15, 0.2) is 0 Å². The van der Waals surface area contributed by atoms with E-state index in [1.165, 1.54) is 5.56 Å². The third-order valence-corrected chi connectivity index (χ3v) is 2.95. The van der Waals surface area contributed by atoms with Crippen LogP contribution in [0.2, 0.25) is 0 Å². The molecule has 0 spiro atoms. The first-order valence-electron chi connectivity index (χ1n) is 5.51. The number of benzene rings is 1. The summed E-state index contributed by atoms with van der Waals surface area (Å²) in [5.41, 5.74) is 7.61. The molecule has 16 heavy (non-hydrogen) atoms. The van der Waals surface area contributed by atoms with Crippen LogP contribution in [0.25, 0.3) is 0 Å². The van der Waals surface area contributed by atoms with Gasteiger partial charge in [-0.1, -0.05) is 12.1 Å². The molecule has 0 radical (unpaired) electrons. The van der Waals surface area contributed by atoms with Gasteiger partial charge in [-0.05, 0) is 24.1 Å². The number of nitrogens with two attached hydrogens (primary N) is 1. The molecule has 1 fully saturated rings. The van der Waals surface area contributed by atoms with Crippen LogP contribution in [0.3, 0.4) is 0 Å². The molecular formula is C12H17N3O. The Morgan fingerprint density at radius 2 is 1.94 bits per heavy atom. The fourth-order valence-electron chi connectivity index (χ4n) is 1.86. The molecule has 86 valence electrons. The summed E-state index contributed by atoms with van der Waals surface area (Å²) in [5, 5.41) is 0. The van der Waals surface area contributed by atoms with Gasteiger partial charge in [-0.2, -0.15) is 0 Å². The van der Waals surface area contributed by atoms with Crippen LogP contribution in [0.4, 0.5) is 10.5 Å². The van der Waals surface area contributed by atoms with Gasteiger partial charge < -0.3 is 15.5 Å². The minimum absolute atomic E-state index is 0.135. The number of carbonyl (C=O) groups excluding carboxylic acids is 1. The SMILES string of the molecule is CN1CCN(CCc2ccc(N)cc2)C1=O. The highest BCUT2D eigenvalue weighted by Gasteiger charge is 2.24. The molecule has 1 saturated heterocycles. The molecule has 1 aliphatic rings. The molecule has 1 aromatic carbocycles. The minimum Gasteiger partial charge on any atom is -0.399 e. The van der Waals surface area contributed by atoms with Crippen molar-refractivity contribution >= 4 is 11.7 Å². The van der Waals surface area contributed by atoms with Crippen molar-refractivity contribution in [2.75, 3.05) is 32.4 Å². The van der Waals surface area contributed by atoms with E-state index >= 15 is 0 Å². The Kier molecular flexibility index (Phi) is 2.99. The maximum Gasteiger partial charge on any atom is 0.319 e. The number of nitrogens with zero attached hydrogens (tertiary/aromatic N) is 2. The molecule has 2 rings (SSSR count). The summed E-state index contributed by atoms with van der Waals surface area (Å²) in [6.45, 7) is 2.46. The van der Waals surface area contributed by atoms with Crippen molar-refractivity contribution in [2.24, 2.45) is 0 Å². The number of carbonyl (C=O) groups is 1. The van der Waals surface area contributed by atoms with Gasteiger partial charge in [-0.25, -0.2) is 4.79 Å². The number of nitrogen functional groups attached to an aromatic ring is 1. The summed E-state index contributed by atoms with van der Waals surface area (Å²) in [6.07, 6.45) is 0.889. The van der Waals surface area contributed by atoms with Gasteiger partial charge >= 0.3 is 6.03 Å². The monoisotopic (exact) mass is 219 g/mol. The van der Waals surface area contributed by atoms with Gasteiger partial charge in [0.2, 0.25) is 0 Å². The van der Waals surface area contributed by atoms with Gasteiger partial charge in [0.05, 0.1) is 0 Å². The molecule has 1 aliphatic heterocycles. The maximum absolute atomic E-state index is 11.6. The average molecular weight is 219 g/mol. The van der Waals surface area contributed by atoms with E-state index in [-0.39, 0.29) is 6.03 Å². The highest BCUT2D eigenvalue weighted by Crippen LogP contribution is 2.10. The molecule has 1 aromatic rings. The molecule has 0 aromatic heterocycles. The van der Waals surface area contributed by atoms with Crippen LogP contribution in [0.15, 0.2) is 24.3 Å². The van der Waals surface area contributed by atoms with Crippen molar-refractivity contribution in [3.8, 4) is 0 Å². The number of hydrogen-bond donors (Lipinski definition) is 1. The maximum atomic E-state index is 11.6. The lowest BCUT2D eigenvalue weighted by molar-refractivity contribution is 0.199. The molecule has 0 unspecified atom stereocenters. The second-order valence-electron chi connectivity index (χ2n) is 4.18. The van der Waals surface area contributed by atoms with Crippen molar-refractivity contribution in [1.82, 2.24) is 9.80 Å². The highest BCUT2D eigenvalue weighted by molar-refractivity contribution is 5.76. The zero-order valence-electron chi connectivity index (χ0n) is 9.52. The largest absolute Gasteiger partial charge is 0.399 e. The zero-order valence-corrected chi connectivity index (χ0v) is 9.52. The second-order valence-corrected chi connectivity index (χ2v) is 4.18. The lowest BCUT2D eigenvalue weighted by Gasteiger charge is -2.15. The Morgan fingerprint density at radius 1 is 1.25 bits per heavy atom. The van der Waals surface area contributed by atoms with Crippen LogP contribution in [0.5, 0.6) is 0 Å². The first kappa shape index (κ1) is 10.8. The van der Waals surface area contributed by atoms with E-state index < -0.39 is 0 Å². The number of likely N-dealkylation sites (N-methyl/N-ethyl adjacent to an activating group) is 1. The van der Waals surface area contributed by atoms with E-state index in [4.69, 9.17) is 5.73 Å². The lowest BCUT2D eigenvalue weighted by Crippen LogP contribution is -2.31. The standard InChI is InChI=1S/C12H17N3O/c1-14-8-9-15(12(14)16)7-6-10-2-4-11(13)5-3-10/h2-5H,6-9,13H2,1H3. The smallest absolute Gasteiger partial charge is 0.319 e. The van der Waals surface area contributed by atoms with Gasteiger partial charge in [0, 0.05) is 32.4 Å². The fraction of sp³-hybridized carbons (Fsp3) is 0.417. The Bertz CT molecular complexity index is 374. The zero-order chi connectivity index (χ0) is 11.5. The summed E-state index contributed by atoms with van der Waals surface area (Å²) in [7, 11) is 1.84. The molecule has 0 saturated carbocycles. The lowest BCUT2D eigenvalue weighted by atomic mass is 10.1. The fourth-order valence-corrected chi connectivity index (χ4v) is 1.86. The van der Waals surface area contributed by atoms with Crippen LogP contribution >= 0.6 is 0 Å². The first-order valence-corrected chi connectivity index (χ1v) is 5.51. The summed E-state index contributed by atoms with van der Waals surface area (Å²) in [5.74, 6) is 0. The van der Waals surface area contributed by atoms with E-state index in [2.05, 4.69) is 0 Å². The van der Waals surface area contributed by atoms with Gasteiger partial charge in [-0.15, -0.1) is 0 Å². The number of rotatable bonds is 3. The topological polar surface area (TPSA) is 49.6 Å². The van der Waals surface area contributed by atoms with Gasteiger partial charge in [0.25, 0.3) is 0 Å². The Labute approximate surface area is 95.6 Å². The molecule has 0 aliphatic carbocycles. The Morgan fingerprint density at radius 3 is 2.50 bits per heavy atom. The van der Waals surface area contributed by atoms with E-state index in [0.29, 0.717) is 0 Å². The third kappa shape index (κ3) is 2.27. The predicted octanol–water partition coefficient (Wildman–Crippen LogP) is 1.18. The Hall–Kier alpha value is -1.71. The molecule has 4 nitrogen and oxygen atoms in total. The summed E-state index contributed by atoms with van der Waals surface area (Å²) < 4.78 is 0. The van der Waals surface area contributed by atoms with Crippen LogP contribution in [0, 0.1) is 0 Å². The number of urea groups is 1. The van der Waals surface area contributed by atoms with Gasteiger partial charge in [0.1, 0.15) is 0 Å². The number of amides is 2. The van der Waals surface area contributed by atoms with Crippen molar-refractivity contribution in [3.05, 3.63) is 29.8 Å². The minimum atomic E-state index is 0.135. The first-order chi connectivity index (χ1) is 7.66. The van der Waals surface area contributed by atoms with Crippen LogP contribution in [-0.4, -0.2) is 42.5 Å². The van der Waals surface area contributed by atoms with Crippen LogP contribution in [0.1, 0.15) is 5.56 Å². The molecule has 0 atom stereocenters. The Balaban J connectivity index is 1.88. The third-order valence-electron chi connectivity index (χ3n) is 2.95. The van der Waals surface area contributed by atoms with Crippen molar-refractivity contribution < 1.29 is 4.79 Å². The van der Waals surface area contributed by atoms with E-state index in [0.717, 1.165) is 31.7 Å². The summed E-state index contributed by atoms with van der Waals surface area (Å²) in [6, 6.07) is 7.95. The highest BCUT2D eigenvalue weighted by atomic mass is 16.2. The number of anilines is 1. The summed E-state index contributed by atoms with van der Waals surface area (Å²) >= 11 is 0. The molecular weight excluding hydrogens is 202 g/mol. The second kappa shape index (κ2) is 4.43. The van der Waals surface area contributed by atoms with Crippen molar-refractivity contribution in [2.45, 2.75) is 6.42 Å². The van der Waals surface area contributed by atoms with E-state index in [9.17, 15) is 4.79 Å². The van der Waals surface area contributed by atoms with Crippen molar-refractivity contribution in [1.29, 1.82) is 0 Å². The predicted molar refractivity (Wildman–Crippen MR) is 64.2 cm³/mol. The average Bonchev–Trinajstić information content (AvgIpc) is 2.60.